The van der Waals surface area contributed by atoms with Gasteiger partial charge in [-0.25, -0.2) is 0 Å². The Hall–Kier alpha value is -1.61. The van der Waals surface area contributed by atoms with Gasteiger partial charge in [-0.1, -0.05) is 18.2 Å². The van der Waals surface area contributed by atoms with Crippen molar-refractivity contribution in [2.45, 2.75) is 6.61 Å². The summed E-state index contributed by atoms with van der Waals surface area (Å²) in [6.07, 6.45) is 1.75. The molecule has 0 spiro atoms. The van der Waals surface area contributed by atoms with Gasteiger partial charge in [0.25, 0.3) is 0 Å². The first kappa shape index (κ1) is 8.97. The number of aromatic amines is 1. The van der Waals surface area contributed by atoms with Gasteiger partial charge in [-0.2, -0.15) is 5.10 Å². The molecule has 0 saturated carbocycles. The van der Waals surface area contributed by atoms with Gasteiger partial charge in [0, 0.05) is 13.3 Å². The highest BCUT2D eigenvalue weighted by molar-refractivity contribution is 5.59. The average molecular weight is 188 g/mol. The Labute approximate surface area is 82.7 Å². The maximum atomic E-state index is 5.07. The molecular weight excluding hydrogens is 176 g/mol. The van der Waals surface area contributed by atoms with Gasteiger partial charge < -0.3 is 4.74 Å². The molecule has 1 heterocycles. The van der Waals surface area contributed by atoms with Crippen molar-refractivity contribution in [3.8, 4) is 11.3 Å². The standard InChI is InChI=1S/C11H12N2O/c1-14-8-9-3-2-4-10(7-9)11-5-6-12-13-11/h2-7H,8H2,1H3,(H,12,13). The van der Waals surface area contributed by atoms with Gasteiger partial charge in [0.2, 0.25) is 0 Å². The zero-order valence-corrected chi connectivity index (χ0v) is 8.03. The van der Waals surface area contributed by atoms with Crippen molar-refractivity contribution in [1.29, 1.82) is 0 Å². The van der Waals surface area contributed by atoms with E-state index in [1.165, 1.54) is 5.56 Å². The fraction of sp³-hybridized carbons (Fsp3) is 0.182. The van der Waals surface area contributed by atoms with Gasteiger partial charge in [0.1, 0.15) is 0 Å². The minimum Gasteiger partial charge on any atom is -0.380 e. The summed E-state index contributed by atoms with van der Waals surface area (Å²) in [5.74, 6) is 0. The SMILES string of the molecule is COCc1cccc(-c2ccn[nH]2)c1. The van der Waals surface area contributed by atoms with Gasteiger partial charge >= 0.3 is 0 Å². The summed E-state index contributed by atoms with van der Waals surface area (Å²) in [4.78, 5) is 0. The van der Waals surface area contributed by atoms with Gasteiger partial charge in [-0.3, -0.25) is 5.10 Å². The lowest BCUT2D eigenvalue weighted by molar-refractivity contribution is 0.185. The number of nitrogens with one attached hydrogen (secondary N) is 1. The first-order valence-electron chi connectivity index (χ1n) is 4.48. The summed E-state index contributed by atoms with van der Waals surface area (Å²) >= 11 is 0. The van der Waals surface area contributed by atoms with Crippen LogP contribution in [0.25, 0.3) is 11.3 Å². The number of H-pyrrole nitrogens is 1. The van der Waals surface area contributed by atoms with E-state index in [2.05, 4.69) is 16.3 Å². The van der Waals surface area contributed by atoms with Crippen molar-refractivity contribution in [1.82, 2.24) is 10.2 Å². The number of hydrogen-bond acceptors (Lipinski definition) is 2. The maximum absolute atomic E-state index is 5.07. The van der Waals surface area contributed by atoms with Crippen molar-refractivity contribution in [2.75, 3.05) is 7.11 Å². The van der Waals surface area contributed by atoms with Crippen LogP contribution in [0.15, 0.2) is 36.5 Å². The number of ether oxygens (including phenoxy) is 1. The predicted molar refractivity (Wildman–Crippen MR) is 54.7 cm³/mol. The zero-order chi connectivity index (χ0) is 9.80. The van der Waals surface area contributed by atoms with E-state index >= 15 is 0 Å². The molecule has 3 heteroatoms. The van der Waals surface area contributed by atoms with Crippen LogP contribution in [0.1, 0.15) is 5.56 Å². The molecule has 0 aliphatic carbocycles. The third-order valence-electron chi connectivity index (χ3n) is 2.05. The van der Waals surface area contributed by atoms with Crippen LogP contribution in [0.2, 0.25) is 0 Å². The van der Waals surface area contributed by atoms with E-state index < -0.39 is 0 Å². The van der Waals surface area contributed by atoms with E-state index in [0.29, 0.717) is 6.61 Å². The van der Waals surface area contributed by atoms with Crippen molar-refractivity contribution < 1.29 is 4.74 Å². The zero-order valence-electron chi connectivity index (χ0n) is 8.03. The van der Waals surface area contributed by atoms with Gasteiger partial charge in [0.05, 0.1) is 12.3 Å². The van der Waals surface area contributed by atoms with Crippen molar-refractivity contribution in [3.05, 3.63) is 42.1 Å². The number of rotatable bonds is 3. The molecule has 3 nitrogen and oxygen atoms in total. The molecule has 1 aromatic carbocycles. The Morgan fingerprint density at radius 2 is 2.29 bits per heavy atom. The molecule has 0 radical (unpaired) electrons. The third kappa shape index (κ3) is 1.83. The molecule has 2 aromatic rings. The summed E-state index contributed by atoms with van der Waals surface area (Å²) in [5.41, 5.74) is 3.33. The summed E-state index contributed by atoms with van der Waals surface area (Å²) in [6.45, 7) is 0.641. The van der Waals surface area contributed by atoms with Gasteiger partial charge in [-0.05, 0) is 23.3 Å². The quantitative estimate of drug-likeness (QED) is 0.802. The van der Waals surface area contributed by atoms with Crippen molar-refractivity contribution in [2.24, 2.45) is 0 Å². The van der Waals surface area contributed by atoms with Crippen LogP contribution in [0.3, 0.4) is 0 Å². The minimum atomic E-state index is 0.641. The van der Waals surface area contributed by atoms with Crippen LogP contribution in [0.5, 0.6) is 0 Å². The number of hydrogen-bond donors (Lipinski definition) is 1. The van der Waals surface area contributed by atoms with E-state index in [1.54, 1.807) is 13.3 Å². The normalized spacial score (nSPS) is 10.4. The van der Waals surface area contributed by atoms with E-state index in [1.807, 2.05) is 24.3 Å². The van der Waals surface area contributed by atoms with Crippen LogP contribution < -0.4 is 0 Å². The van der Waals surface area contributed by atoms with Crippen LogP contribution in [-0.2, 0) is 11.3 Å². The second-order valence-corrected chi connectivity index (χ2v) is 3.10. The Morgan fingerprint density at radius 1 is 1.36 bits per heavy atom. The summed E-state index contributed by atoms with van der Waals surface area (Å²) in [6, 6.07) is 10.2. The molecule has 0 bridgehead atoms. The highest BCUT2D eigenvalue weighted by atomic mass is 16.5. The molecule has 72 valence electrons. The first-order chi connectivity index (χ1) is 6.90. The molecule has 1 N–H and O–H groups in total. The van der Waals surface area contributed by atoms with E-state index in [4.69, 9.17) is 4.74 Å². The lowest BCUT2D eigenvalue weighted by atomic mass is 10.1. The lowest BCUT2D eigenvalue weighted by Gasteiger charge is -2.02. The fourth-order valence-electron chi connectivity index (χ4n) is 1.41. The topological polar surface area (TPSA) is 37.9 Å². The molecule has 0 atom stereocenters. The molecular formula is C11H12N2O. The number of methoxy groups -OCH3 is 1. The highest BCUT2D eigenvalue weighted by Gasteiger charge is 1.99. The third-order valence-corrected chi connectivity index (χ3v) is 2.05. The molecule has 14 heavy (non-hydrogen) atoms. The molecule has 0 fully saturated rings. The average Bonchev–Trinajstić information content (AvgIpc) is 2.71. The number of aromatic nitrogens is 2. The van der Waals surface area contributed by atoms with E-state index in [9.17, 15) is 0 Å². The molecule has 0 unspecified atom stereocenters. The lowest BCUT2D eigenvalue weighted by Crippen LogP contribution is -1.87. The Balaban J connectivity index is 2.31. The Morgan fingerprint density at radius 3 is 3.00 bits per heavy atom. The monoisotopic (exact) mass is 188 g/mol. The predicted octanol–water partition coefficient (Wildman–Crippen LogP) is 2.22. The second-order valence-electron chi connectivity index (χ2n) is 3.10. The summed E-state index contributed by atoms with van der Waals surface area (Å²) < 4.78 is 5.07. The van der Waals surface area contributed by atoms with Crippen molar-refractivity contribution in [3.63, 3.8) is 0 Å². The van der Waals surface area contributed by atoms with Gasteiger partial charge in [0.15, 0.2) is 0 Å². The first-order valence-corrected chi connectivity index (χ1v) is 4.48. The smallest absolute Gasteiger partial charge is 0.0713 e. The van der Waals surface area contributed by atoms with Gasteiger partial charge in [-0.15, -0.1) is 0 Å². The molecule has 1 aromatic heterocycles. The van der Waals surface area contributed by atoms with Crippen LogP contribution in [-0.4, -0.2) is 17.3 Å². The molecule has 2 rings (SSSR count). The second kappa shape index (κ2) is 4.07. The van der Waals surface area contributed by atoms with Crippen molar-refractivity contribution >= 4 is 0 Å². The summed E-state index contributed by atoms with van der Waals surface area (Å²) in [7, 11) is 1.70. The van der Waals surface area contributed by atoms with Crippen LogP contribution in [0, 0.1) is 0 Å². The molecule has 0 aliphatic rings. The highest BCUT2D eigenvalue weighted by Crippen LogP contribution is 2.17. The maximum Gasteiger partial charge on any atom is 0.0713 e. The van der Waals surface area contributed by atoms with E-state index in [-0.39, 0.29) is 0 Å². The molecule has 0 amide bonds. The fourth-order valence-corrected chi connectivity index (χ4v) is 1.41. The minimum absolute atomic E-state index is 0.641. The van der Waals surface area contributed by atoms with Crippen LogP contribution >= 0.6 is 0 Å². The van der Waals surface area contributed by atoms with Crippen LogP contribution in [0.4, 0.5) is 0 Å². The summed E-state index contributed by atoms with van der Waals surface area (Å²) in [5, 5.41) is 6.85. The number of benzene rings is 1. The Kier molecular flexibility index (Phi) is 2.60. The largest absolute Gasteiger partial charge is 0.380 e. The molecule has 0 saturated heterocycles. The van der Waals surface area contributed by atoms with E-state index in [0.717, 1.165) is 11.3 Å². The number of nitrogens with zero attached hydrogens (tertiary/aromatic N) is 1. The Bertz CT molecular complexity index is 395. The molecule has 0 aliphatic heterocycles.